The van der Waals surface area contributed by atoms with Gasteiger partial charge in [0.2, 0.25) is 0 Å². The van der Waals surface area contributed by atoms with Crippen molar-refractivity contribution in [3.05, 3.63) is 29.6 Å². The van der Waals surface area contributed by atoms with E-state index in [1.807, 2.05) is 25.2 Å². The van der Waals surface area contributed by atoms with Crippen LogP contribution in [0.25, 0.3) is 5.65 Å². The average molecular weight is 292 g/mol. The van der Waals surface area contributed by atoms with Gasteiger partial charge in [0.15, 0.2) is 0 Å². The Bertz CT molecular complexity index is 658. The molecule has 0 saturated carbocycles. The Balaban J connectivity index is 2.50. The number of carbonyl (C=O) groups is 1. The van der Waals surface area contributed by atoms with Crippen molar-refractivity contribution in [2.75, 3.05) is 11.9 Å². The van der Waals surface area contributed by atoms with Crippen LogP contribution in [-0.4, -0.2) is 32.2 Å². The molecule has 0 bridgehead atoms. The van der Waals surface area contributed by atoms with Gasteiger partial charge in [-0.15, -0.1) is 0 Å². The van der Waals surface area contributed by atoms with Crippen LogP contribution in [0.1, 0.15) is 32.0 Å². The van der Waals surface area contributed by atoms with Gasteiger partial charge in [-0.1, -0.05) is 20.8 Å². The Labute approximate surface area is 122 Å². The first-order valence-corrected chi connectivity index (χ1v) is 6.66. The van der Waals surface area contributed by atoms with Gasteiger partial charge >= 0.3 is 0 Å². The number of aliphatic hydroxyl groups is 1. The van der Waals surface area contributed by atoms with Crippen molar-refractivity contribution in [3.8, 4) is 0 Å². The second kappa shape index (κ2) is 5.71. The fourth-order valence-electron chi connectivity index (χ4n) is 2.08. The number of rotatable bonds is 4. The topological polar surface area (TPSA) is 98.9 Å². The molecular formula is C14H20N4O3. The van der Waals surface area contributed by atoms with Crippen molar-refractivity contribution in [1.29, 1.82) is 0 Å². The SMILES string of the molecule is CC(C)(C)c1nc2cc(CO)ccn2c1NCC(=O)NO. The fraction of sp³-hybridized carbons (Fsp3) is 0.429. The third kappa shape index (κ3) is 3.14. The van der Waals surface area contributed by atoms with Crippen LogP contribution in [0, 0.1) is 0 Å². The Morgan fingerprint density at radius 3 is 2.71 bits per heavy atom. The summed E-state index contributed by atoms with van der Waals surface area (Å²) in [4.78, 5) is 15.8. The third-order valence-electron chi connectivity index (χ3n) is 3.12. The summed E-state index contributed by atoms with van der Waals surface area (Å²) in [6, 6.07) is 3.59. The van der Waals surface area contributed by atoms with Gasteiger partial charge in [-0.25, -0.2) is 10.5 Å². The number of fused-ring (bicyclic) bond motifs is 1. The number of pyridine rings is 1. The van der Waals surface area contributed by atoms with Crippen molar-refractivity contribution >= 4 is 17.4 Å². The number of aromatic nitrogens is 2. The summed E-state index contributed by atoms with van der Waals surface area (Å²) in [5.74, 6) is 0.169. The van der Waals surface area contributed by atoms with Crippen molar-refractivity contribution in [2.45, 2.75) is 32.8 Å². The van der Waals surface area contributed by atoms with Crippen LogP contribution in [0.3, 0.4) is 0 Å². The Kier molecular flexibility index (Phi) is 4.15. The van der Waals surface area contributed by atoms with Crippen LogP contribution in [0.2, 0.25) is 0 Å². The quantitative estimate of drug-likeness (QED) is 0.498. The molecule has 0 radical (unpaired) electrons. The molecule has 0 aromatic carbocycles. The first kappa shape index (κ1) is 15.3. The Morgan fingerprint density at radius 2 is 2.14 bits per heavy atom. The molecule has 0 spiro atoms. The lowest BCUT2D eigenvalue weighted by molar-refractivity contribution is -0.127. The lowest BCUT2D eigenvalue weighted by Gasteiger charge is -2.18. The van der Waals surface area contributed by atoms with E-state index in [4.69, 9.17) is 5.21 Å². The number of imidazole rings is 1. The molecule has 2 rings (SSSR count). The van der Waals surface area contributed by atoms with Gasteiger partial charge in [0.05, 0.1) is 18.8 Å². The van der Waals surface area contributed by atoms with Crippen LogP contribution in [0.5, 0.6) is 0 Å². The molecule has 7 heteroatoms. The molecule has 21 heavy (non-hydrogen) atoms. The third-order valence-corrected chi connectivity index (χ3v) is 3.12. The molecular weight excluding hydrogens is 272 g/mol. The lowest BCUT2D eigenvalue weighted by Crippen LogP contribution is -2.28. The summed E-state index contributed by atoms with van der Waals surface area (Å²) < 4.78 is 1.82. The fourth-order valence-corrected chi connectivity index (χ4v) is 2.08. The van der Waals surface area contributed by atoms with Gasteiger partial charge in [0.25, 0.3) is 5.91 Å². The number of hydroxylamine groups is 1. The van der Waals surface area contributed by atoms with Gasteiger partial charge in [0, 0.05) is 11.6 Å². The predicted octanol–water partition coefficient (Wildman–Crippen LogP) is 1.04. The minimum atomic E-state index is -0.531. The molecule has 2 heterocycles. The highest BCUT2D eigenvalue weighted by Crippen LogP contribution is 2.30. The van der Waals surface area contributed by atoms with Gasteiger partial charge in [-0.3, -0.25) is 14.4 Å². The number of nitrogens with zero attached hydrogens (tertiary/aromatic N) is 2. The minimum Gasteiger partial charge on any atom is -0.392 e. The zero-order valence-electron chi connectivity index (χ0n) is 12.3. The van der Waals surface area contributed by atoms with Crippen molar-refractivity contribution in [3.63, 3.8) is 0 Å². The van der Waals surface area contributed by atoms with E-state index in [0.717, 1.165) is 11.3 Å². The maximum Gasteiger partial charge on any atom is 0.262 e. The van der Waals surface area contributed by atoms with Crippen molar-refractivity contribution in [2.24, 2.45) is 0 Å². The first-order valence-electron chi connectivity index (χ1n) is 6.66. The molecule has 4 N–H and O–H groups in total. The molecule has 0 aliphatic heterocycles. The molecule has 0 aliphatic carbocycles. The summed E-state index contributed by atoms with van der Waals surface area (Å²) in [6.07, 6.45) is 1.79. The second-order valence-electron chi connectivity index (χ2n) is 5.87. The Hall–Kier alpha value is -2.12. The maximum absolute atomic E-state index is 11.2. The second-order valence-corrected chi connectivity index (χ2v) is 5.87. The predicted molar refractivity (Wildman–Crippen MR) is 78.2 cm³/mol. The van der Waals surface area contributed by atoms with Crippen LogP contribution in [-0.2, 0) is 16.8 Å². The monoisotopic (exact) mass is 292 g/mol. The molecule has 0 fully saturated rings. The van der Waals surface area contributed by atoms with Gasteiger partial charge in [0.1, 0.15) is 11.5 Å². The van der Waals surface area contributed by atoms with E-state index in [-0.39, 0.29) is 18.6 Å². The minimum absolute atomic E-state index is 0.0517. The summed E-state index contributed by atoms with van der Waals surface area (Å²) >= 11 is 0. The smallest absolute Gasteiger partial charge is 0.262 e. The molecule has 2 aromatic rings. The molecule has 1 amide bonds. The summed E-state index contributed by atoms with van der Waals surface area (Å²) in [6.45, 7) is 5.97. The van der Waals surface area contributed by atoms with E-state index in [9.17, 15) is 9.90 Å². The number of carbonyl (C=O) groups excluding carboxylic acids is 1. The van der Waals surface area contributed by atoms with Gasteiger partial charge < -0.3 is 10.4 Å². The maximum atomic E-state index is 11.2. The number of nitrogens with one attached hydrogen (secondary N) is 2. The molecule has 7 nitrogen and oxygen atoms in total. The van der Waals surface area contributed by atoms with E-state index < -0.39 is 5.91 Å². The molecule has 0 aliphatic rings. The first-order chi connectivity index (χ1) is 9.86. The molecule has 0 unspecified atom stereocenters. The number of hydrogen-bond donors (Lipinski definition) is 4. The van der Waals surface area contributed by atoms with E-state index >= 15 is 0 Å². The summed E-state index contributed by atoms with van der Waals surface area (Å²) in [7, 11) is 0. The summed E-state index contributed by atoms with van der Waals surface area (Å²) in [5.41, 5.74) is 3.64. The highest BCUT2D eigenvalue weighted by Gasteiger charge is 2.24. The Morgan fingerprint density at radius 1 is 1.43 bits per heavy atom. The van der Waals surface area contributed by atoms with Crippen LogP contribution in [0.4, 0.5) is 5.82 Å². The number of hydrogen-bond acceptors (Lipinski definition) is 5. The van der Waals surface area contributed by atoms with Crippen LogP contribution >= 0.6 is 0 Å². The molecule has 0 saturated heterocycles. The van der Waals surface area contributed by atoms with Crippen LogP contribution < -0.4 is 10.8 Å². The zero-order valence-corrected chi connectivity index (χ0v) is 12.3. The average Bonchev–Trinajstić information content (AvgIpc) is 2.82. The highest BCUT2D eigenvalue weighted by atomic mass is 16.5. The van der Waals surface area contributed by atoms with E-state index in [1.165, 1.54) is 0 Å². The van der Waals surface area contributed by atoms with Crippen LogP contribution in [0.15, 0.2) is 18.3 Å². The van der Waals surface area contributed by atoms with Crippen molar-refractivity contribution in [1.82, 2.24) is 14.9 Å². The normalized spacial score (nSPS) is 11.7. The lowest BCUT2D eigenvalue weighted by atomic mass is 9.92. The molecule has 114 valence electrons. The number of amides is 1. The van der Waals surface area contributed by atoms with E-state index in [2.05, 4.69) is 10.3 Å². The zero-order chi connectivity index (χ0) is 15.6. The molecule has 2 aromatic heterocycles. The van der Waals surface area contributed by atoms with Gasteiger partial charge in [-0.2, -0.15) is 0 Å². The standard InChI is InChI=1S/C14H20N4O3/c1-14(2,3)12-13(15-7-11(20)17-21)18-5-4-9(8-19)6-10(18)16-12/h4-6,15,19,21H,7-8H2,1-3H3,(H,17,20). The highest BCUT2D eigenvalue weighted by molar-refractivity contribution is 5.79. The summed E-state index contributed by atoms with van der Waals surface area (Å²) in [5, 5.41) is 20.8. The van der Waals surface area contributed by atoms with E-state index in [0.29, 0.717) is 11.5 Å². The largest absolute Gasteiger partial charge is 0.392 e. The van der Waals surface area contributed by atoms with E-state index in [1.54, 1.807) is 23.8 Å². The number of aliphatic hydroxyl groups excluding tert-OH is 1. The van der Waals surface area contributed by atoms with Gasteiger partial charge in [-0.05, 0) is 17.7 Å². The van der Waals surface area contributed by atoms with Crippen molar-refractivity contribution < 1.29 is 15.1 Å². The molecule has 0 atom stereocenters. The number of anilines is 1.